The minimum absolute atomic E-state index is 0.0213. The predicted molar refractivity (Wildman–Crippen MR) is 109 cm³/mol. The Morgan fingerprint density at radius 1 is 0.909 bits per heavy atom. The Bertz CT molecular complexity index is 1250. The van der Waals surface area contributed by atoms with Crippen molar-refractivity contribution in [3.63, 3.8) is 0 Å². The number of fused-ring (bicyclic) bond motifs is 1. The van der Waals surface area contributed by atoms with Gasteiger partial charge in [0, 0.05) is 17.7 Å². The van der Waals surface area contributed by atoms with Gasteiger partial charge in [0.05, 0.1) is 6.61 Å². The summed E-state index contributed by atoms with van der Waals surface area (Å²) in [4.78, 5) is 12.5. The van der Waals surface area contributed by atoms with Crippen LogP contribution in [0.4, 0.5) is 0 Å². The van der Waals surface area contributed by atoms with E-state index in [1.807, 2.05) is 0 Å². The van der Waals surface area contributed by atoms with Crippen LogP contribution in [0, 0.1) is 0 Å². The van der Waals surface area contributed by atoms with Gasteiger partial charge in [0.1, 0.15) is 46.9 Å². The molecule has 1 aliphatic heterocycles. The van der Waals surface area contributed by atoms with Crippen molar-refractivity contribution >= 4 is 11.0 Å². The van der Waals surface area contributed by atoms with Gasteiger partial charge in [-0.15, -0.1) is 0 Å². The summed E-state index contributed by atoms with van der Waals surface area (Å²) in [6.07, 6.45) is -7.73. The molecule has 2 heterocycles. The van der Waals surface area contributed by atoms with Gasteiger partial charge in [0.25, 0.3) is 0 Å². The van der Waals surface area contributed by atoms with Crippen LogP contribution in [0.25, 0.3) is 22.3 Å². The summed E-state index contributed by atoms with van der Waals surface area (Å²) >= 11 is 0. The lowest BCUT2D eigenvalue weighted by molar-refractivity contribution is -0.277. The summed E-state index contributed by atoms with van der Waals surface area (Å²) in [6, 6.07) is 5.51. The number of aromatic hydroxyl groups is 4. The molecule has 2 unspecified atom stereocenters. The lowest BCUT2D eigenvalue weighted by Gasteiger charge is -2.39. The van der Waals surface area contributed by atoms with Crippen LogP contribution in [0.15, 0.2) is 39.5 Å². The fourth-order valence-corrected chi connectivity index (χ4v) is 3.52. The second-order valence-corrected chi connectivity index (χ2v) is 7.44. The highest BCUT2D eigenvalue weighted by Crippen LogP contribution is 2.39. The highest BCUT2D eigenvalue weighted by molar-refractivity contribution is 5.88. The van der Waals surface area contributed by atoms with Crippen LogP contribution in [-0.4, -0.2) is 78.2 Å². The van der Waals surface area contributed by atoms with Gasteiger partial charge in [-0.1, -0.05) is 0 Å². The molecule has 1 aliphatic rings. The molecule has 1 aromatic heterocycles. The first-order chi connectivity index (χ1) is 15.6. The van der Waals surface area contributed by atoms with Crippen molar-refractivity contribution in [3.8, 4) is 40.1 Å². The average Bonchev–Trinajstić information content (AvgIpc) is 2.77. The first-order valence-corrected chi connectivity index (χ1v) is 9.64. The third-order valence-corrected chi connectivity index (χ3v) is 5.25. The first-order valence-electron chi connectivity index (χ1n) is 9.64. The van der Waals surface area contributed by atoms with Crippen molar-refractivity contribution in [3.05, 3.63) is 40.6 Å². The van der Waals surface area contributed by atoms with E-state index in [2.05, 4.69) is 0 Å². The Labute approximate surface area is 184 Å². The molecule has 12 heteroatoms. The van der Waals surface area contributed by atoms with Gasteiger partial charge in [0.2, 0.25) is 17.5 Å². The summed E-state index contributed by atoms with van der Waals surface area (Å²) in [6.45, 7) is -0.666. The molecule has 0 radical (unpaired) electrons. The highest BCUT2D eigenvalue weighted by atomic mass is 16.7. The molecule has 2 aromatic carbocycles. The standard InChI is InChI=1S/C21H20O12/c22-6-13-15(26)17(28)19(30)21(33-13)32-11-2-1-7(3-9(11)24)20-18(29)16(27)14-10(25)4-8(23)5-12(14)31-20/h1-5,13,15,17,19,21-26,28-30H,6H2/t13-,15-,17?,19-,21?/m1/s1. The van der Waals surface area contributed by atoms with Gasteiger partial charge in [-0.2, -0.15) is 0 Å². The van der Waals surface area contributed by atoms with Gasteiger partial charge >= 0.3 is 0 Å². The van der Waals surface area contributed by atoms with Crippen LogP contribution in [0.3, 0.4) is 0 Å². The summed E-state index contributed by atoms with van der Waals surface area (Å²) in [7, 11) is 0. The van der Waals surface area contributed by atoms with Crippen LogP contribution in [0.1, 0.15) is 0 Å². The topological polar surface area (TPSA) is 211 Å². The first kappa shape index (κ1) is 22.6. The minimum atomic E-state index is -1.70. The molecule has 5 atom stereocenters. The van der Waals surface area contributed by atoms with Gasteiger partial charge in [-0.25, -0.2) is 0 Å². The molecule has 8 N–H and O–H groups in total. The second kappa shape index (κ2) is 8.42. The molecule has 33 heavy (non-hydrogen) atoms. The zero-order chi connectivity index (χ0) is 24.0. The van der Waals surface area contributed by atoms with Crippen LogP contribution in [0.2, 0.25) is 0 Å². The number of hydrogen-bond donors (Lipinski definition) is 8. The van der Waals surface area contributed by atoms with Crippen molar-refractivity contribution in [2.45, 2.75) is 30.7 Å². The van der Waals surface area contributed by atoms with Gasteiger partial charge in [-0.3, -0.25) is 4.79 Å². The fraction of sp³-hybridized carbons (Fsp3) is 0.286. The quantitative estimate of drug-likeness (QED) is 0.245. The number of benzene rings is 2. The van der Waals surface area contributed by atoms with Crippen molar-refractivity contribution in [1.29, 1.82) is 0 Å². The number of ether oxygens (including phenoxy) is 2. The second-order valence-electron chi connectivity index (χ2n) is 7.44. The predicted octanol–water partition coefficient (Wildman–Crippen LogP) is -0.539. The maximum Gasteiger partial charge on any atom is 0.238 e. The molecular weight excluding hydrogens is 444 g/mol. The number of rotatable bonds is 4. The smallest absolute Gasteiger partial charge is 0.238 e. The Morgan fingerprint density at radius 2 is 1.64 bits per heavy atom. The summed E-state index contributed by atoms with van der Waals surface area (Å²) in [5.41, 5.74) is -1.16. The molecule has 4 rings (SSSR count). The Balaban J connectivity index is 1.68. The van der Waals surface area contributed by atoms with E-state index in [4.69, 9.17) is 13.9 Å². The third-order valence-electron chi connectivity index (χ3n) is 5.25. The van der Waals surface area contributed by atoms with Gasteiger partial charge in [0.15, 0.2) is 17.3 Å². The van der Waals surface area contributed by atoms with Crippen molar-refractivity contribution in [1.82, 2.24) is 0 Å². The van der Waals surface area contributed by atoms with E-state index < -0.39 is 60.0 Å². The van der Waals surface area contributed by atoms with Crippen LogP contribution in [0.5, 0.6) is 28.7 Å². The molecule has 0 amide bonds. The zero-order valence-corrected chi connectivity index (χ0v) is 16.7. The van der Waals surface area contributed by atoms with Gasteiger partial charge in [-0.05, 0) is 18.2 Å². The number of aliphatic hydroxyl groups is 4. The molecule has 176 valence electrons. The molecule has 1 fully saturated rings. The molecule has 0 bridgehead atoms. The van der Waals surface area contributed by atoms with Crippen molar-refractivity contribution in [2.24, 2.45) is 0 Å². The van der Waals surface area contributed by atoms with Crippen LogP contribution < -0.4 is 10.2 Å². The van der Waals surface area contributed by atoms with Gasteiger partial charge < -0.3 is 54.7 Å². The Kier molecular flexibility index (Phi) is 5.78. The molecule has 0 spiro atoms. The van der Waals surface area contributed by atoms with E-state index in [9.17, 15) is 45.6 Å². The Hall–Kier alpha value is -3.55. The lowest BCUT2D eigenvalue weighted by Crippen LogP contribution is -2.60. The number of phenolic OH excluding ortho intramolecular Hbond substituents is 3. The van der Waals surface area contributed by atoms with E-state index in [-0.39, 0.29) is 33.8 Å². The SMILES string of the molecule is O=c1c(O)c(-c2ccc(OC3O[C@H](CO)[C@@H](O)C(O)[C@H]3O)c(O)c2)oc2cc(O)cc(O)c12. The van der Waals surface area contributed by atoms with E-state index in [1.165, 1.54) is 12.1 Å². The van der Waals surface area contributed by atoms with E-state index in [0.717, 1.165) is 18.2 Å². The molecule has 0 aliphatic carbocycles. The van der Waals surface area contributed by atoms with Crippen LogP contribution >= 0.6 is 0 Å². The number of aliphatic hydroxyl groups excluding tert-OH is 4. The third kappa shape index (κ3) is 3.90. The Morgan fingerprint density at radius 3 is 2.30 bits per heavy atom. The molecule has 0 saturated carbocycles. The van der Waals surface area contributed by atoms with Crippen molar-refractivity contribution in [2.75, 3.05) is 6.61 Å². The maximum absolute atomic E-state index is 12.5. The largest absolute Gasteiger partial charge is 0.508 e. The summed E-state index contributed by atoms with van der Waals surface area (Å²) in [5.74, 6) is -2.97. The fourth-order valence-electron chi connectivity index (χ4n) is 3.52. The molecular formula is C21H20O12. The van der Waals surface area contributed by atoms with Crippen LogP contribution in [-0.2, 0) is 4.74 Å². The number of phenols is 3. The average molecular weight is 464 g/mol. The van der Waals surface area contributed by atoms with E-state index >= 15 is 0 Å². The normalized spacial score (nSPS) is 25.3. The van der Waals surface area contributed by atoms with Crippen molar-refractivity contribution < 1.29 is 54.7 Å². The summed E-state index contributed by atoms with van der Waals surface area (Å²) < 4.78 is 16.1. The lowest BCUT2D eigenvalue weighted by atomic mass is 9.99. The van der Waals surface area contributed by atoms with E-state index in [0.29, 0.717) is 0 Å². The highest BCUT2D eigenvalue weighted by Gasteiger charge is 2.45. The minimum Gasteiger partial charge on any atom is -0.508 e. The summed E-state index contributed by atoms with van der Waals surface area (Å²) in [5, 5.41) is 78.8. The molecule has 12 nitrogen and oxygen atoms in total. The molecule has 3 aromatic rings. The number of hydrogen-bond acceptors (Lipinski definition) is 12. The maximum atomic E-state index is 12.5. The monoisotopic (exact) mass is 464 g/mol. The van der Waals surface area contributed by atoms with E-state index in [1.54, 1.807) is 0 Å². The zero-order valence-electron chi connectivity index (χ0n) is 16.7. The molecule has 1 saturated heterocycles.